The van der Waals surface area contributed by atoms with Crippen LogP contribution in [-0.2, 0) is 10.4 Å². The number of hydrogen-bond donors (Lipinski definition) is 2. The first-order chi connectivity index (χ1) is 10.4. The van der Waals surface area contributed by atoms with E-state index in [1.54, 1.807) is 31.2 Å². The molecule has 1 aliphatic rings. The summed E-state index contributed by atoms with van der Waals surface area (Å²) in [5, 5.41) is 13.1. The maximum absolute atomic E-state index is 13.4. The van der Waals surface area contributed by atoms with Crippen molar-refractivity contribution in [3.05, 3.63) is 65.0 Å². The molecule has 1 aliphatic heterocycles. The lowest BCUT2D eigenvalue weighted by Gasteiger charge is -2.20. The van der Waals surface area contributed by atoms with E-state index in [2.05, 4.69) is 5.32 Å². The summed E-state index contributed by atoms with van der Waals surface area (Å²) < 4.78 is 13.4. The minimum Gasteiger partial charge on any atom is -0.375 e. The van der Waals surface area contributed by atoms with Crippen LogP contribution in [0.15, 0.2) is 42.5 Å². The highest BCUT2D eigenvalue weighted by molar-refractivity contribution is 6.09. The van der Waals surface area contributed by atoms with Crippen molar-refractivity contribution < 1.29 is 19.1 Å². The molecule has 5 heteroatoms. The molecule has 0 aliphatic carbocycles. The van der Waals surface area contributed by atoms with Crippen molar-refractivity contribution in [1.82, 2.24) is 0 Å². The van der Waals surface area contributed by atoms with Crippen LogP contribution in [-0.4, -0.2) is 16.8 Å². The molecule has 2 aromatic carbocycles. The molecule has 2 N–H and O–H groups in total. The third kappa shape index (κ3) is 2.19. The van der Waals surface area contributed by atoms with E-state index in [0.717, 1.165) is 11.6 Å². The van der Waals surface area contributed by atoms with Crippen molar-refractivity contribution >= 4 is 17.4 Å². The molecule has 2 aromatic rings. The van der Waals surface area contributed by atoms with Gasteiger partial charge in [-0.1, -0.05) is 24.3 Å². The summed E-state index contributed by atoms with van der Waals surface area (Å²) in [5.41, 5.74) is -0.426. The molecule has 0 bridgehead atoms. The number of anilines is 1. The van der Waals surface area contributed by atoms with Crippen molar-refractivity contribution in [2.75, 3.05) is 5.32 Å². The Morgan fingerprint density at radius 3 is 2.73 bits per heavy atom. The Labute approximate surface area is 126 Å². The third-order valence-electron chi connectivity index (χ3n) is 3.91. The summed E-state index contributed by atoms with van der Waals surface area (Å²) in [5.74, 6) is -1.65. The highest BCUT2D eigenvalue weighted by Crippen LogP contribution is 2.39. The highest BCUT2D eigenvalue weighted by atomic mass is 19.1. The standard InChI is InChI=1S/C17H14FNO3/c1-10-4-2-3-5-12(10)15(20)9-17(22)13-8-11(18)6-7-14(13)19-16(17)21/h2-8,22H,9H2,1H3,(H,19,21)/t17-/m0/s1. The van der Waals surface area contributed by atoms with Crippen LogP contribution < -0.4 is 5.32 Å². The topological polar surface area (TPSA) is 66.4 Å². The molecular weight excluding hydrogens is 285 g/mol. The zero-order valence-electron chi connectivity index (χ0n) is 11.9. The van der Waals surface area contributed by atoms with Crippen LogP contribution in [0.2, 0.25) is 0 Å². The normalized spacial score (nSPS) is 19.7. The predicted molar refractivity (Wildman–Crippen MR) is 79.1 cm³/mol. The number of hydrogen-bond acceptors (Lipinski definition) is 3. The maximum Gasteiger partial charge on any atom is 0.261 e. The molecule has 0 radical (unpaired) electrons. The first-order valence-corrected chi connectivity index (χ1v) is 6.84. The Morgan fingerprint density at radius 1 is 1.27 bits per heavy atom. The first-order valence-electron chi connectivity index (χ1n) is 6.84. The van der Waals surface area contributed by atoms with E-state index >= 15 is 0 Å². The van der Waals surface area contributed by atoms with E-state index in [4.69, 9.17) is 0 Å². The predicted octanol–water partition coefficient (Wildman–Crippen LogP) is 2.55. The highest BCUT2D eigenvalue weighted by Gasteiger charge is 2.47. The van der Waals surface area contributed by atoms with Crippen molar-refractivity contribution in [3.63, 3.8) is 0 Å². The molecule has 22 heavy (non-hydrogen) atoms. The molecule has 3 rings (SSSR count). The van der Waals surface area contributed by atoms with Crippen LogP contribution in [0.4, 0.5) is 10.1 Å². The number of carbonyl (C=O) groups excluding carboxylic acids is 2. The summed E-state index contributed by atoms with van der Waals surface area (Å²) >= 11 is 0. The van der Waals surface area contributed by atoms with Gasteiger partial charge in [-0.15, -0.1) is 0 Å². The molecule has 1 amide bonds. The lowest BCUT2D eigenvalue weighted by molar-refractivity contribution is -0.133. The van der Waals surface area contributed by atoms with Gasteiger partial charge in [-0.05, 0) is 30.7 Å². The van der Waals surface area contributed by atoms with Gasteiger partial charge in [0.2, 0.25) is 0 Å². The minimum absolute atomic E-state index is 0.0967. The minimum atomic E-state index is -2.04. The van der Waals surface area contributed by atoms with E-state index in [9.17, 15) is 19.1 Å². The van der Waals surface area contributed by atoms with Gasteiger partial charge < -0.3 is 10.4 Å². The number of Topliss-reactive ketones (excluding diaryl/α,β-unsaturated/α-hetero) is 1. The number of aliphatic hydroxyl groups is 1. The third-order valence-corrected chi connectivity index (χ3v) is 3.91. The molecule has 0 fully saturated rings. The fraction of sp³-hybridized carbons (Fsp3) is 0.176. The summed E-state index contributed by atoms with van der Waals surface area (Å²) in [6.07, 6.45) is -0.430. The van der Waals surface area contributed by atoms with E-state index in [1.807, 2.05) is 0 Å². The Balaban J connectivity index is 1.98. The zero-order valence-corrected chi connectivity index (χ0v) is 11.9. The van der Waals surface area contributed by atoms with E-state index in [1.165, 1.54) is 12.1 Å². The van der Waals surface area contributed by atoms with Crippen LogP contribution >= 0.6 is 0 Å². The first kappa shape index (κ1) is 14.4. The summed E-state index contributed by atoms with van der Waals surface area (Å²) in [4.78, 5) is 24.5. The lowest BCUT2D eigenvalue weighted by atomic mass is 9.87. The second kappa shape index (κ2) is 5.03. The zero-order chi connectivity index (χ0) is 15.9. The number of halogens is 1. The van der Waals surface area contributed by atoms with Gasteiger partial charge in [0, 0.05) is 16.8 Å². The number of rotatable bonds is 3. The SMILES string of the molecule is Cc1ccccc1C(=O)C[C@@]1(O)C(=O)Nc2ccc(F)cc21. The van der Waals surface area contributed by atoms with Gasteiger partial charge in [-0.25, -0.2) is 4.39 Å². The molecule has 0 aromatic heterocycles. The monoisotopic (exact) mass is 299 g/mol. The smallest absolute Gasteiger partial charge is 0.261 e. The van der Waals surface area contributed by atoms with Gasteiger partial charge in [0.1, 0.15) is 5.82 Å². The molecule has 1 atom stereocenters. The lowest BCUT2D eigenvalue weighted by Crippen LogP contribution is -2.36. The van der Waals surface area contributed by atoms with Gasteiger partial charge >= 0.3 is 0 Å². The number of benzene rings is 2. The number of carbonyl (C=O) groups is 2. The van der Waals surface area contributed by atoms with Gasteiger partial charge in [0.15, 0.2) is 11.4 Å². The van der Waals surface area contributed by atoms with Crippen LogP contribution in [0, 0.1) is 12.7 Å². The number of nitrogens with one attached hydrogen (secondary N) is 1. The van der Waals surface area contributed by atoms with Gasteiger partial charge in [-0.3, -0.25) is 9.59 Å². The molecule has 112 valence electrons. The van der Waals surface area contributed by atoms with E-state index in [-0.39, 0.29) is 11.3 Å². The Kier molecular flexibility index (Phi) is 3.30. The average molecular weight is 299 g/mol. The van der Waals surface area contributed by atoms with Crippen LogP contribution in [0.3, 0.4) is 0 Å². The van der Waals surface area contributed by atoms with Crippen LogP contribution in [0.25, 0.3) is 0 Å². The second-order valence-corrected chi connectivity index (χ2v) is 5.42. The number of fused-ring (bicyclic) bond motifs is 1. The summed E-state index contributed by atoms with van der Waals surface area (Å²) in [7, 11) is 0. The van der Waals surface area contributed by atoms with Crippen molar-refractivity contribution in [2.24, 2.45) is 0 Å². The summed E-state index contributed by atoms with van der Waals surface area (Å²) in [6.45, 7) is 1.78. The summed E-state index contributed by atoms with van der Waals surface area (Å²) in [6, 6.07) is 10.6. The van der Waals surface area contributed by atoms with E-state index < -0.39 is 23.7 Å². The van der Waals surface area contributed by atoms with E-state index in [0.29, 0.717) is 11.3 Å². The van der Waals surface area contributed by atoms with Gasteiger partial charge in [0.05, 0.1) is 6.42 Å². The van der Waals surface area contributed by atoms with Crippen molar-refractivity contribution in [2.45, 2.75) is 18.9 Å². The van der Waals surface area contributed by atoms with Crippen LogP contribution in [0.5, 0.6) is 0 Å². The van der Waals surface area contributed by atoms with Gasteiger partial charge in [-0.2, -0.15) is 0 Å². The van der Waals surface area contributed by atoms with Crippen LogP contribution in [0.1, 0.15) is 27.9 Å². The quantitative estimate of drug-likeness (QED) is 0.856. The Bertz CT molecular complexity index is 787. The van der Waals surface area contributed by atoms with Crippen molar-refractivity contribution in [1.29, 1.82) is 0 Å². The number of aryl methyl sites for hydroxylation is 1. The molecular formula is C17H14FNO3. The fourth-order valence-electron chi connectivity index (χ4n) is 2.70. The number of ketones is 1. The average Bonchev–Trinajstić information content (AvgIpc) is 2.71. The Morgan fingerprint density at radius 2 is 2.00 bits per heavy atom. The second-order valence-electron chi connectivity index (χ2n) is 5.42. The fourth-order valence-corrected chi connectivity index (χ4v) is 2.70. The molecule has 0 saturated carbocycles. The molecule has 0 saturated heterocycles. The van der Waals surface area contributed by atoms with Gasteiger partial charge in [0.25, 0.3) is 5.91 Å². The van der Waals surface area contributed by atoms with Crippen molar-refractivity contribution in [3.8, 4) is 0 Å². The number of amides is 1. The largest absolute Gasteiger partial charge is 0.375 e. The molecule has 0 unspecified atom stereocenters. The maximum atomic E-state index is 13.4. The Hall–Kier alpha value is -2.53. The molecule has 4 nitrogen and oxygen atoms in total. The molecule has 1 heterocycles. The molecule has 0 spiro atoms.